The number of aromatic nitrogens is 1. The average molecular weight is 351 g/mol. The number of thiazole rings is 1. The summed E-state index contributed by atoms with van der Waals surface area (Å²) in [6, 6.07) is 0. The molecule has 0 N–H and O–H groups in total. The van der Waals surface area contributed by atoms with Crippen LogP contribution in [0.15, 0.2) is 5.51 Å². The number of nitrogens with zero attached hydrogens (tertiary/aromatic N) is 2. The van der Waals surface area contributed by atoms with E-state index in [0.29, 0.717) is 5.92 Å². The molecule has 0 bridgehead atoms. The lowest BCUT2D eigenvalue weighted by Crippen LogP contribution is -2.64. The third-order valence-corrected chi connectivity index (χ3v) is 7.15. The lowest BCUT2D eigenvalue weighted by molar-refractivity contribution is -0.139. The maximum atomic E-state index is 6.19. The van der Waals surface area contributed by atoms with Crippen LogP contribution in [-0.4, -0.2) is 48.4 Å². The lowest BCUT2D eigenvalue weighted by atomic mass is 9.79. The molecule has 2 aliphatic heterocycles. The Morgan fingerprint density at radius 1 is 1.33 bits per heavy atom. The third-order valence-electron chi connectivity index (χ3n) is 6.23. The molecule has 1 atom stereocenters. The Hall–Kier alpha value is -0.490. The van der Waals surface area contributed by atoms with Crippen LogP contribution >= 0.6 is 11.3 Å². The SMILES string of the molecule is Cc1ncsc1CN1CC2(C1)OCC[C@@H]2CCOCC1CCCC1. The van der Waals surface area contributed by atoms with Crippen LogP contribution in [0.3, 0.4) is 0 Å². The first-order valence-electron chi connectivity index (χ1n) is 9.58. The van der Waals surface area contributed by atoms with Gasteiger partial charge in [0.15, 0.2) is 0 Å². The smallest absolute Gasteiger partial charge is 0.0964 e. The fourth-order valence-corrected chi connectivity index (χ4v) is 5.52. The highest BCUT2D eigenvalue weighted by molar-refractivity contribution is 7.09. The van der Waals surface area contributed by atoms with Crippen LogP contribution in [0.1, 0.15) is 49.1 Å². The number of hydrogen-bond donors (Lipinski definition) is 0. The van der Waals surface area contributed by atoms with E-state index in [4.69, 9.17) is 9.47 Å². The second kappa shape index (κ2) is 7.40. The zero-order valence-electron chi connectivity index (χ0n) is 14.8. The molecule has 3 aliphatic rings. The molecule has 1 saturated carbocycles. The summed E-state index contributed by atoms with van der Waals surface area (Å²) >= 11 is 1.77. The summed E-state index contributed by atoms with van der Waals surface area (Å²) in [5.74, 6) is 1.51. The maximum absolute atomic E-state index is 6.19. The van der Waals surface area contributed by atoms with E-state index in [1.165, 1.54) is 49.1 Å². The lowest BCUT2D eigenvalue weighted by Gasteiger charge is -2.50. The fraction of sp³-hybridized carbons (Fsp3) is 0.842. The van der Waals surface area contributed by atoms with Gasteiger partial charge in [0.05, 0.1) is 16.8 Å². The summed E-state index contributed by atoms with van der Waals surface area (Å²) in [7, 11) is 0. The summed E-state index contributed by atoms with van der Waals surface area (Å²) in [4.78, 5) is 8.27. The van der Waals surface area contributed by atoms with Crippen molar-refractivity contribution in [3.05, 3.63) is 16.1 Å². The van der Waals surface area contributed by atoms with Crippen LogP contribution in [0.25, 0.3) is 0 Å². The molecule has 2 saturated heterocycles. The van der Waals surface area contributed by atoms with Crippen molar-refractivity contribution in [2.45, 2.75) is 57.6 Å². The predicted molar refractivity (Wildman–Crippen MR) is 96.3 cm³/mol. The van der Waals surface area contributed by atoms with Crippen LogP contribution in [0, 0.1) is 18.8 Å². The zero-order chi connectivity index (χ0) is 16.4. The van der Waals surface area contributed by atoms with Gasteiger partial charge in [-0.05, 0) is 44.4 Å². The highest BCUT2D eigenvalue weighted by Gasteiger charge is 2.52. The van der Waals surface area contributed by atoms with Crippen LogP contribution < -0.4 is 0 Å². The summed E-state index contributed by atoms with van der Waals surface area (Å²) in [6.45, 7) is 8.14. The van der Waals surface area contributed by atoms with Crippen LogP contribution in [0.4, 0.5) is 0 Å². The fourth-order valence-electron chi connectivity index (χ4n) is 4.70. The number of aryl methyl sites for hydroxylation is 1. The highest BCUT2D eigenvalue weighted by Crippen LogP contribution is 2.42. The van der Waals surface area contributed by atoms with Crippen molar-refractivity contribution in [3.8, 4) is 0 Å². The molecule has 1 aliphatic carbocycles. The Morgan fingerprint density at radius 3 is 2.92 bits per heavy atom. The van der Waals surface area contributed by atoms with Crippen molar-refractivity contribution in [1.82, 2.24) is 9.88 Å². The van der Waals surface area contributed by atoms with Crippen molar-refractivity contribution in [1.29, 1.82) is 0 Å². The Balaban J connectivity index is 1.20. The Kier molecular flexibility index (Phi) is 5.23. The quantitative estimate of drug-likeness (QED) is 0.703. The molecule has 134 valence electrons. The Labute approximate surface area is 149 Å². The van der Waals surface area contributed by atoms with Crippen molar-refractivity contribution in [2.24, 2.45) is 11.8 Å². The standard InChI is InChI=1S/C19H30N2O2S/c1-15-18(24-14-20-15)10-21-12-19(13-21)17(7-9-23-19)6-8-22-11-16-4-2-3-5-16/h14,16-17H,2-13H2,1H3/t17-/m0/s1. The normalized spacial score (nSPS) is 27.1. The predicted octanol–water partition coefficient (Wildman–Crippen LogP) is 3.64. The zero-order valence-corrected chi connectivity index (χ0v) is 15.7. The monoisotopic (exact) mass is 350 g/mol. The van der Waals surface area contributed by atoms with E-state index >= 15 is 0 Å². The Morgan fingerprint density at radius 2 is 2.17 bits per heavy atom. The second-order valence-electron chi connectivity index (χ2n) is 7.92. The molecule has 0 radical (unpaired) electrons. The molecule has 4 nitrogen and oxygen atoms in total. The second-order valence-corrected chi connectivity index (χ2v) is 8.86. The van der Waals surface area contributed by atoms with Gasteiger partial charge in [-0.3, -0.25) is 4.90 Å². The molecular formula is C19H30N2O2S. The first-order valence-corrected chi connectivity index (χ1v) is 10.5. The molecule has 3 fully saturated rings. The van der Waals surface area contributed by atoms with Gasteiger partial charge in [0.1, 0.15) is 0 Å². The number of ether oxygens (including phenoxy) is 2. The Bertz CT molecular complexity index is 535. The van der Waals surface area contributed by atoms with Gasteiger partial charge in [0.25, 0.3) is 0 Å². The molecule has 1 aromatic heterocycles. The van der Waals surface area contributed by atoms with Gasteiger partial charge in [-0.1, -0.05) is 12.8 Å². The van der Waals surface area contributed by atoms with E-state index < -0.39 is 0 Å². The number of rotatable bonds is 7. The van der Waals surface area contributed by atoms with Crippen molar-refractivity contribution in [2.75, 3.05) is 32.9 Å². The van der Waals surface area contributed by atoms with E-state index in [-0.39, 0.29) is 5.60 Å². The van der Waals surface area contributed by atoms with Gasteiger partial charge in [0, 0.05) is 44.3 Å². The number of likely N-dealkylation sites (tertiary alicyclic amines) is 1. The largest absolute Gasteiger partial charge is 0.381 e. The van der Waals surface area contributed by atoms with Gasteiger partial charge in [-0.15, -0.1) is 11.3 Å². The maximum Gasteiger partial charge on any atom is 0.0964 e. The van der Waals surface area contributed by atoms with Crippen molar-refractivity contribution in [3.63, 3.8) is 0 Å². The van der Waals surface area contributed by atoms with Gasteiger partial charge in [0.2, 0.25) is 0 Å². The third kappa shape index (κ3) is 3.55. The van der Waals surface area contributed by atoms with E-state index in [1.807, 2.05) is 5.51 Å². The summed E-state index contributed by atoms with van der Waals surface area (Å²) in [6.07, 6.45) is 7.94. The highest BCUT2D eigenvalue weighted by atomic mass is 32.1. The van der Waals surface area contributed by atoms with E-state index in [9.17, 15) is 0 Å². The summed E-state index contributed by atoms with van der Waals surface area (Å²) < 4.78 is 12.2. The summed E-state index contributed by atoms with van der Waals surface area (Å²) in [5.41, 5.74) is 3.26. The first kappa shape index (κ1) is 17.0. The van der Waals surface area contributed by atoms with Crippen LogP contribution in [0.5, 0.6) is 0 Å². The van der Waals surface area contributed by atoms with Gasteiger partial charge < -0.3 is 9.47 Å². The molecule has 1 aromatic rings. The molecule has 3 heterocycles. The average Bonchev–Trinajstić information content (AvgIpc) is 3.26. The molecule has 0 amide bonds. The van der Waals surface area contributed by atoms with E-state index in [2.05, 4.69) is 16.8 Å². The minimum Gasteiger partial charge on any atom is -0.381 e. The molecule has 24 heavy (non-hydrogen) atoms. The number of hydrogen-bond acceptors (Lipinski definition) is 5. The molecule has 1 spiro atoms. The molecular weight excluding hydrogens is 320 g/mol. The van der Waals surface area contributed by atoms with Gasteiger partial charge in [-0.2, -0.15) is 0 Å². The van der Waals surface area contributed by atoms with Crippen molar-refractivity contribution >= 4 is 11.3 Å². The van der Waals surface area contributed by atoms with E-state index in [1.54, 1.807) is 11.3 Å². The van der Waals surface area contributed by atoms with E-state index in [0.717, 1.165) is 45.4 Å². The minimum absolute atomic E-state index is 0.120. The van der Waals surface area contributed by atoms with Crippen molar-refractivity contribution < 1.29 is 9.47 Å². The van der Waals surface area contributed by atoms with Crippen LogP contribution in [0.2, 0.25) is 0 Å². The topological polar surface area (TPSA) is 34.6 Å². The molecule has 0 aromatic carbocycles. The first-order chi connectivity index (χ1) is 11.8. The molecule has 4 rings (SSSR count). The van der Waals surface area contributed by atoms with Gasteiger partial charge >= 0.3 is 0 Å². The summed E-state index contributed by atoms with van der Waals surface area (Å²) in [5, 5.41) is 0. The minimum atomic E-state index is 0.120. The van der Waals surface area contributed by atoms with Crippen LogP contribution in [-0.2, 0) is 16.0 Å². The molecule has 5 heteroatoms. The van der Waals surface area contributed by atoms with Gasteiger partial charge in [-0.25, -0.2) is 4.98 Å². The molecule has 0 unspecified atom stereocenters.